The van der Waals surface area contributed by atoms with Gasteiger partial charge in [0, 0.05) is 17.9 Å². The number of carbonyl (C=O) groups excluding carboxylic acids is 1. The van der Waals surface area contributed by atoms with Gasteiger partial charge >= 0.3 is 0 Å². The summed E-state index contributed by atoms with van der Waals surface area (Å²) in [6.45, 7) is 2.35. The lowest BCUT2D eigenvalue weighted by molar-refractivity contribution is -0.120. The van der Waals surface area contributed by atoms with Crippen LogP contribution in [0.15, 0.2) is 28.8 Å². The van der Waals surface area contributed by atoms with Crippen molar-refractivity contribution >= 4 is 29.3 Å². The van der Waals surface area contributed by atoms with Crippen LogP contribution < -0.4 is 5.32 Å². The Morgan fingerprint density at radius 1 is 1.43 bits per heavy atom. The number of hydrogen-bond acceptors (Lipinski definition) is 6. The molecule has 0 aliphatic heterocycles. The Bertz CT molecular complexity index is 633. The monoisotopic (exact) mass is 355 g/mol. The van der Waals surface area contributed by atoms with Crippen LogP contribution in [0.5, 0.6) is 0 Å². The van der Waals surface area contributed by atoms with Crippen LogP contribution in [0.25, 0.3) is 0 Å². The third kappa shape index (κ3) is 5.85. The Morgan fingerprint density at radius 3 is 2.87 bits per heavy atom. The van der Waals surface area contributed by atoms with E-state index in [1.165, 1.54) is 0 Å². The summed E-state index contributed by atoms with van der Waals surface area (Å²) in [6.07, 6.45) is 0. The first-order valence-electron chi connectivity index (χ1n) is 7.02. The molecule has 0 saturated carbocycles. The topological polar surface area (TPSA) is 77.3 Å². The second-order valence-corrected chi connectivity index (χ2v) is 6.60. The van der Waals surface area contributed by atoms with Crippen LogP contribution >= 0.6 is 23.4 Å². The molecule has 8 heteroatoms. The van der Waals surface area contributed by atoms with E-state index in [2.05, 4.69) is 15.5 Å². The van der Waals surface area contributed by atoms with Gasteiger partial charge in [-0.1, -0.05) is 28.9 Å². The molecule has 1 aromatic carbocycles. The van der Waals surface area contributed by atoms with E-state index in [1.807, 2.05) is 31.2 Å². The number of thioether (sulfide) groups is 1. The van der Waals surface area contributed by atoms with Crippen molar-refractivity contribution in [1.29, 1.82) is 0 Å². The standard InChI is InChI=1S/C15H18ClN3O3S/c1-10(23-9-11-3-5-12(16)6-4-11)15(20)17-7-14-18-13(8-21-2)19-22-14/h3-6,10H,7-9H2,1-2H3,(H,17,20)/t10-/m1/s1. The number of aromatic nitrogens is 2. The molecule has 6 nitrogen and oxygen atoms in total. The summed E-state index contributed by atoms with van der Waals surface area (Å²) in [7, 11) is 1.55. The van der Waals surface area contributed by atoms with Crippen molar-refractivity contribution in [2.24, 2.45) is 0 Å². The molecular weight excluding hydrogens is 338 g/mol. The normalized spacial score (nSPS) is 12.1. The summed E-state index contributed by atoms with van der Waals surface area (Å²) in [6, 6.07) is 7.59. The molecule has 1 heterocycles. The number of nitrogens with one attached hydrogen (secondary N) is 1. The van der Waals surface area contributed by atoms with Crippen LogP contribution in [0, 0.1) is 0 Å². The molecule has 0 spiro atoms. The molecule has 1 N–H and O–H groups in total. The van der Waals surface area contributed by atoms with E-state index in [0.717, 1.165) is 11.3 Å². The van der Waals surface area contributed by atoms with Gasteiger partial charge in [-0.05, 0) is 24.6 Å². The fraction of sp³-hybridized carbons (Fsp3) is 0.400. The predicted molar refractivity (Wildman–Crippen MR) is 89.1 cm³/mol. The average Bonchev–Trinajstić information content (AvgIpc) is 2.99. The number of ether oxygens (including phenoxy) is 1. The van der Waals surface area contributed by atoms with E-state index < -0.39 is 0 Å². The zero-order chi connectivity index (χ0) is 16.7. The summed E-state index contributed by atoms with van der Waals surface area (Å²) in [5.74, 6) is 1.49. The van der Waals surface area contributed by atoms with Crippen LogP contribution in [0.4, 0.5) is 0 Å². The number of amides is 1. The van der Waals surface area contributed by atoms with Crippen LogP contribution in [0.1, 0.15) is 24.2 Å². The zero-order valence-corrected chi connectivity index (χ0v) is 14.5. The van der Waals surface area contributed by atoms with Gasteiger partial charge in [-0.15, -0.1) is 11.8 Å². The van der Waals surface area contributed by atoms with Crippen LogP contribution in [0.3, 0.4) is 0 Å². The highest BCUT2D eigenvalue weighted by molar-refractivity contribution is 7.99. The lowest BCUT2D eigenvalue weighted by atomic mass is 10.2. The molecule has 124 valence electrons. The van der Waals surface area contributed by atoms with E-state index in [4.69, 9.17) is 20.9 Å². The molecule has 0 aliphatic carbocycles. The SMILES string of the molecule is COCc1noc(CNC(=O)[C@@H](C)SCc2ccc(Cl)cc2)n1. The molecule has 0 bridgehead atoms. The second-order valence-electron chi connectivity index (χ2n) is 4.83. The van der Waals surface area contributed by atoms with Crippen molar-refractivity contribution in [2.45, 2.75) is 31.1 Å². The van der Waals surface area contributed by atoms with E-state index in [1.54, 1.807) is 18.9 Å². The van der Waals surface area contributed by atoms with Crippen LogP contribution in [0.2, 0.25) is 5.02 Å². The summed E-state index contributed by atoms with van der Waals surface area (Å²) >= 11 is 7.40. The van der Waals surface area contributed by atoms with Crippen molar-refractivity contribution in [3.8, 4) is 0 Å². The van der Waals surface area contributed by atoms with Crippen molar-refractivity contribution in [1.82, 2.24) is 15.5 Å². The minimum Gasteiger partial charge on any atom is -0.377 e. The van der Waals surface area contributed by atoms with Crippen molar-refractivity contribution < 1.29 is 14.1 Å². The van der Waals surface area contributed by atoms with Gasteiger partial charge in [0.25, 0.3) is 0 Å². The molecule has 23 heavy (non-hydrogen) atoms. The molecule has 0 saturated heterocycles. The summed E-state index contributed by atoms with van der Waals surface area (Å²) < 4.78 is 9.92. The zero-order valence-electron chi connectivity index (χ0n) is 12.9. The molecule has 1 atom stereocenters. The number of benzene rings is 1. The van der Waals surface area contributed by atoms with E-state index in [9.17, 15) is 4.79 Å². The predicted octanol–water partition coefficient (Wildman–Crippen LogP) is 2.81. The molecule has 1 aromatic heterocycles. The molecule has 0 fully saturated rings. The minimum atomic E-state index is -0.188. The van der Waals surface area contributed by atoms with E-state index in [-0.39, 0.29) is 24.3 Å². The minimum absolute atomic E-state index is 0.0737. The summed E-state index contributed by atoms with van der Waals surface area (Å²) in [5, 5.41) is 7.03. The number of carbonyl (C=O) groups is 1. The quantitative estimate of drug-likeness (QED) is 0.784. The van der Waals surface area contributed by atoms with Crippen LogP contribution in [-0.2, 0) is 28.4 Å². The molecule has 2 aromatic rings. The maximum Gasteiger partial charge on any atom is 0.246 e. The lowest BCUT2D eigenvalue weighted by Crippen LogP contribution is -2.30. The molecule has 0 aliphatic rings. The number of rotatable bonds is 8. The molecular formula is C15H18ClN3O3S. The Labute approximate surface area is 143 Å². The fourth-order valence-corrected chi connectivity index (χ4v) is 2.73. The first-order chi connectivity index (χ1) is 11.1. The van der Waals surface area contributed by atoms with E-state index >= 15 is 0 Å². The molecule has 0 unspecified atom stereocenters. The van der Waals surface area contributed by atoms with Gasteiger partial charge < -0.3 is 14.6 Å². The third-order valence-electron chi connectivity index (χ3n) is 2.98. The number of nitrogens with zero attached hydrogens (tertiary/aromatic N) is 2. The van der Waals surface area contributed by atoms with Gasteiger partial charge in [-0.25, -0.2) is 0 Å². The maximum absolute atomic E-state index is 12.1. The van der Waals surface area contributed by atoms with Crippen LogP contribution in [-0.4, -0.2) is 28.4 Å². The van der Waals surface area contributed by atoms with Gasteiger partial charge in [0.1, 0.15) is 6.61 Å². The van der Waals surface area contributed by atoms with Gasteiger partial charge in [0.15, 0.2) is 5.82 Å². The highest BCUT2D eigenvalue weighted by atomic mass is 35.5. The number of halogens is 1. The van der Waals surface area contributed by atoms with Gasteiger partial charge in [-0.3, -0.25) is 4.79 Å². The van der Waals surface area contributed by atoms with Crippen molar-refractivity contribution in [2.75, 3.05) is 7.11 Å². The van der Waals surface area contributed by atoms with E-state index in [0.29, 0.717) is 16.7 Å². The molecule has 1 amide bonds. The van der Waals surface area contributed by atoms with Gasteiger partial charge in [0.2, 0.25) is 11.8 Å². The third-order valence-corrected chi connectivity index (χ3v) is 4.45. The largest absolute Gasteiger partial charge is 0.377 e. The van der Waals surface area contributed by atoms with Gasteiger partial charge in [-0.2, -0.15) is 4.98 Å². The van der Waals surface area contributed by atoms with Crippen molar-refractivity contribution in [3.05, 3.63) is 46.6 Å². The second kappa shape index (κ2) is 8.90. The first kappa shape index (κ1) is 17.8. The fourth-order valence-electron chi connectivity index (χ4n) is 1.73. The Hall–Kier alpha value is -1.57. The van der Waals surface area contributed by atoms with Gasteiger partial charge in [0.05, 0.1) is 11.8 Å². The average molecular weight is 356 g/mol. The van der Waals surface area contributed by atoms with Crippen molar-refractivity contribution in [3.63, 3.8) is 0 Å². The Morgan fingerprint density at radius 2 is 2.17 bits per heavy atom. The smallest absolute Gasteiger partial charge is 0.246 e. The lowest BCUT2D eigenvalue weighted by Gasteiger charge is -2.10. The summed E-state index contributed by atoms with van der Waals surface area (Å²) in [4.78, 5) is 16.2. The highest BCUT2D eigenvalue weighted by Crippen LogP contribution is 2.19. The first-order valence-corrected chi connectivity index (χ1v) is 8.45. The Kier molecular flexibility index (Phi) is 6.88. The molecule has 0 radical (unpaired) electrons. The highest BCUT2D eigenvalue weighted by Gasteiger charge is 2.15. The summed E-state index contributed by atoms with van der Waals surface area (Å²) in [5.41, 5.74) is 1.13. The Balaban J connectivity index is 1.74. The number of hydrogen-bond donors (Lipinski definition) is 1. The number of methoxy groups -OCH3 is 1. The maximum atomic E-state index is 12.1. The molecule has 2 rings (SSSR count).